The average Bonchev–Trinajstić information content (AvgIpc) is 2.39. The second-order valence-corrected chi connectivity index (χ2v) is 4.24. The molecule has 1 heterocycles. The van der Waals surface area contributed by atoms with Crippen molar-refractivity contribution in [2.45, 2.75) is 6.42 Å². The number of aliphatic imine (C=N–C) groups is 1. The van der Waals surface area contributed by atoms with E-state index in [1.165, 1.54) is 0 Å². The van der Waals surface area contributed by atoms with Crippen LogP contribution in [0.4, 0.5) is 0 Å². The zero-order valence-electron chi connectivity index (χ0n) is 9.63. The Hall–Kier alpha value is -2.42. The second kappa shape index (κ2) is 4.11. The van der Waals surface area contributed by atoms with Crippen molar-refractivity contribution in [3.63, 3.8) is 0 Å². The summed E-state index contributed by atoms with van der Waals surface area (Å²) < 4.78 is 0. The van der Waals surface area contributed by atoms with E-state index >= 15 is 0 Å². The van der Waals surface area contributed by atoms with Crippen molar-refractivity contribution in [1.82, 2.24) is 0 Å². The van der Waals surface area contributed by atoms with E-state index in [0.717, 1.165) is 16.8 Å². The van der Waals surface area contributed by atoms with Gasteiger partial charge in [0.15, 0.2) is 0 Å². The van der Waals surface area contributed by atoms with Crippen LogP contribution in [-0.4, -0.2) is 16.7 Å². The minimum Gasteiger partial charge on any atom is -0.508 e. The standard InChI is InChI=1S/C15H11NO2/c17-12-7-5-10(6-8-12)14-9-11-3-1-2-4-13(11)15(18)16-14/h1-8,17H,9H2. The van der Waals surface area contributed by atoms with Crippen LogP contribution in [0.2, 0.25) is 0 Å². The molecule has 3 heteroatoms. The summed E-state index contributed by atoms with van der Waals surface area (Å²) in [4.78, 5) is 16.0. The first-order chi connectivity index (χ1) is 8.74. The van der Waals surface area contributed by atoms with Crippen molar-refractivity contribution in [3.8, 4) is 5.75 Å². The molecule has 0 aromatic heterocycles. The van der Waals surface area contributed by atoms with Crippen LogP contribution in [-0.2, 0) is 6.42 Å². The molecule has 0 atom stereocenters. The number of hydrogen-bond donors (Lipinski definition) is 1. The summed E-state index contributed by atoms with van der Waals surface area (Å²) in [6.07, 6.45) is 0.646. The highest BCUT2D eigenvalue weighted by Gasteiger charge is 2.19. The van der Waals surface area contributed by atoms with Gasteiger partial charge in [0.05, 0.1) is 5.71 Å². The van der Waals surface area contributed by atoms with E-state index in [-0.39, 0.29) is 11.7 Å². The molecule has 1 N–H and O–H groups in total. The van der Waals surface area contributed by atoms with Gasteiger partial charge in [-0.25, -0.2) is 4.99 Å². The molecule has 0 unspecified atom stereocenters. The van der Waals surface area contributed by atoms with Crippen LogP contribution in [0, 0.1) is 0 Å². The SMILES string of the molecule is O=C1N=C(c2ccc(O)cc2)Cc2ccccc21. The van der Waals surface area contributed by atoms with E-state index < -0.39 is 0 Å². The normalized spacial score (nSPS) is 14.0. The maximum Gasteiger partial charge on any atom is 0.277 e. The van der Waals surface area contributed by atoms with Crippen LogP contribution >= 0.6 is 0 Å². The Morgan fingerprint density at radius 1 is 1.00 bits per heavy atom. The van der Waals surface area contributed by atoms with E-state index in [1.54, 1.807) is 30.3 Å². The van der Waals surface area contributed by atoms with E-state index in [2.05, 4.69) is 4.99 Å². The van der Waals surface area contributed by atoms with Gasteiger partial charge in [-0.2, -0.15) is 0 Å². The Morgan fingerprint density at radius 3 is 2.50 bits per heavy atom. The zero-order chi connectivity index (χ0) is 12.5. The highest BCUT2D eigenvalue weighted by Crippen LogP contribution is 2.20. The topological polar surface area (TPSA) is 49.7 Å². The third-order valence-corrected chi connectivity index (χ3v) is 3.04. The Bertz CT molecular complexity index is 642. The van der Waals surface area contributed by atoms with E-state index in [4.69, 9.17) is 0 Å². The summed E-state index contributed by atoms with van der Waals surface area (Å²) in [5.74, 6) is 0.0156. The summed E-state index contributed by atoms with van der Waals surface area (Å²) in [7, 11) is 0. The highest BCUT2D eigenvalue weighted by molar-refractivity contribution is 6.15. The quantitative estimate of drug-likeness (QED) is 0.828. The maximum atomic E-state index is 11.9. The minimum atomic E-state index is -0.195. The first-order valence-corrected chi connectivity index (χ1v) is 5.73. The molecule has 0 saturated carbocycles. The Labute approximate surface area is 104 Å². The minimum absolute atomic E-state index is 0.195. The number of phenolic OH excluding ortho intramolecular Hbond substituents is 1. The monoisotopic (exact) mass is 237 g/mol. The summed E-state index contributed by atoms with van der Waals surface area (Å²) in [6.45, 7) is 0. The molecule has 0 saturated heterocycles. The molecule has 0 fully saturated rings. The second-order valence-electron chi connectivity index (χ2n) is 4.24. The molecule has 88 valence electrons. The predicted molar refractivity (Wildman–Crippen MR) is 69.1 cm³/mol. The fraction of sp³-hybridized carbons (Fsp3) is 0.0667. The van der Waals surface area contributed by atoms with Crippen LogP contribution in [0.5, 0.6) is 5.75 Å². The van der Waals surface area contributed by atoms with Crippen molar-refractivity contribution in [2.24, 2.45) is 4.99 Å². The molecule has 0 spiro atoms. The van der Waals surface area contributed by atoms with Gasteiger partial charge in [0.25, 0.3) is 5.91 Å². The van der Waals surface area contributed by atoms with Gasteiger partial charge < -0.3 is 5.11 Å². The Balaban J connectivity index is 2.02. The molecule has 0 radical (unpaired) electrons. The lowest BCUT2D eigenvalue weighted by atomic mass is 9.95. The van der Waals surface area contributed by atoms with Gasteiger partial charge in [0.2, 0.25) is 0 Å². The number of amides is 1. The first-order valence-electron chi connectivity index (χ1n) is 5.73. The smallest absolute Gasteiger partial charge is 0.277 e. The van der Waals surface area contributed by atoms with Gasteiger partial charge in [0, 0.05) is 12.0 Å². The van der Waals surface area contributed by atoms with Gasteiger partial charge >= 0.3 is 0 Å². The van der Waals surface area contributed by atoms with Crippen LogP contribution in [0.1, 0.15) is 21.5 Å². The Morgan fingerprint density at radius 2 is 1.72 bits per heavy atom. The van der Waals surface area contributed by atoms with Gasteiger partial charge in [-0.3, -0.25) is 4.79 Å². The van der Waals surface area contributed by atoms with Crippen LogP contribution in [0.25, 0.3) is 0 Å². The molecular weight excluding hydrogens is 226 g/mol. The number of carbonyl (C=O) groups is 1. The summed E-state index contributed by atoms with van der Waals surface area (Å²) in [5, 5.41) is 9.26. The molecule has 3 rings (SSSR count). The summed E-state index contributed by atoms with van der Waals surface area (Å²) in [5.41, 5.74) is 3.30. The summed E-state index contributed by atoms with van der Waals surface area (Å²) in [6, 6.07) is 14.3. The van der Waals surface area contributed by atoms with E-state index in [9.17, 15) is 9.90 Å². The fourth-order valence-electron chi connectivity index (χ4n) is 2.11. The molecule has 0 aliphatic carbocycles. The van der Waals surface area contributed by atoms with Crippen LogP contribution in [0.15, 0.2) is 53.5 Å². The molecular formula is C15H11NO2. The van der Waals surface area contributed by atoms with Gasteiger partial charge in [0.1, 0.15) is 5.75 Å². The molecule has 3 nitrogen and oxygen atoms in total. The lowest BCUT2D eigenvalue weighted by Gasteiger charge is -2.14. The lowest BCUT2D eigenvalue weighted by molar-refractivity contribution is 0.1000. The summed E-state index contributed by atoms with van der Waals surface area (Å²) >= 11 is 0. The first kappa shape index (κ1) is 10.7. The van der Waals surface area contributed by atoms with E-state index in [1.807, 2.05) is 18.2 Å². The number of rotatable bonds is 1. The molecule has 1 aliphatic rings. The molecule has 1 aliphatic heterocycles. The predicted octanol–water partition coefficient (Wildman–Crippen LogP) is 2.58. The van der Waals surface area contributed by atoms with Crippen molar-refractivity contribution < 1.29 is 9.90 Å². The number of fused-ring (bicyclic) bond motifs is 1. The fourth-order valence-corrected chi connectivity index (χ4v) is 2.11. The molecule has 2 aromatic carbocycles. The number of carbonyl (C=O) groups excluding carboxylic acids is 1. The largest absolute Gasteiger partial charge is 0.508 e. The van der Waals surface area contributed by atoms with Crippen LogP contribution in [0.3, 0.4) is 0 Å². The third-order valence-electron chi connectivity index (χ3n) is 3.04. The lowest BCUT2D eigenvalue weighted by Crippen LogP contribution is -2.17. The maximum absolute atomic E-state index is 11.9. The number of nitrogens with zero attached hydrogens (tertiary/aromatic N) is 1. The third kappa shape index (κ3) is 1.80. The Kier molecular flexibility index (Phi) is 2.45. The van der Waals surface area contributed by atoms with E-state index in [0.29, 0.717) is 12.0 Å². The average molecular weight is 237 g/mol. The molecule has 0 bridgehead atoms. The zero-order valence-corrected chi connectivity index (χ0v) is 9.63. The van der Waals surface area contributed by atoms with Crippen molar-refractivity contribution in [2.75, 3.05) is 0 Å². The molecule has 1 amide bonds. The van der Waals surface area contributed by atoms with Gasteiger partial charge in [-0.1, -0.05) is 18.2 Å². The number of hydrogen-bond acceptors (Lipinski definition) is 2. The van der Waals surface area contributed by atoms with Gasteiger partial charge in [-0.15, -0.1) is 0 Å². The number of phenols is 1. The van der Waals surface area contributed by atoms with Crippen molar-refractivity contribution in [1.29, 1.82) is 0 Å². The molecule has 2 aromatic rings. The highest BCUT2D eigenvalue weighted by atomic mass is 16.3. The van der Waals surface area contributed by atoms with Crippen LogP contribution < -0.4 is 0 Å². The number of benzene rings is 2. The van der Waals surface area contributed by atoms with Gasteiger partial charge in [-0.05, 0) is 41.5 Å². The van der Waals surface area contributed by atoms with Crippen molar-refractivity contribution >= 4 is 11.6 Å². The van der Waals surface area contributed by atoms with Crippen molar-refractivity contribution in [3.05, 3.63) is 65.2 Å². The number of aromatic hydroxyl groups is 1. The molecule has 18 heavy (non-hydrogen) atoms.